The number of hydrogen-bond donors (Lipinski definition) is 3. The molecule has 0 aromatic heterocycles. The van der Waals surface area contributed by atoms with Gasteiger partial charge in [-0.15, -0.1) is 0 Å². The zero-order valence-electron chi connectivity index (χ0n) is 17.7. The van der Waals surface area contributed by atoms with Crippen molar-refractivity contribution in [1.29, 1.82) is 0 Å². The van der Waals surface area contributed by atoms with Crippen LogP contribution in [0.5, 0.6) is 0 Å². The van der Waals surface area contributed by atoms with Crippen molar-refractivity contribution >= 4 is 12.1 Å². The maximum absolute atomic E-state index is 11.1. The van der Waals surface area contributed by atoms with Gasteiger partial charge in [-0.05, 0) is 45.4 Å². The summed E-state index contributed by atoms with van der Waals surface area (Å²) in [6, 6.07) is 1.74. The van der Waals surface area contributed by atoms with Crippen LogP contribution in [0.4, 0.5) is 4.79 Å². The number of carboxylic acids is 1. The lowest BCUT2D eigenvalue weighted by atomic mass is 9.89. The lowest BCUT2D eigenvalue weighted by molar-refractivity contribution is -0.145. The molecule has 27 heavy (non-hydrogen) atoms. The molecule has 2 saturated carbocycles. The van der Waals surface area contributed by atoms with E-state index < -0.39 is 17.6 Å². The van der Waals surface area contributed by atoms with Crippen LogP contribution >= 0.6 is 0 Å². The first kappa shape index (κ1) is 23.7. The average Bonchev–Trinajstić information content (AvgIpc) is 2.63. The minimum absolute atomic E-state index is 0.218. The number of carbonyl (C=O) groups is 2. The van der Waals surface area contributed by atoms with Gasteiger partial charge in [0, 0.05) is 12.1 Å². The van der Waals surface area contributed by atoms with E-state index in [1.165, 1.54) is 71.1 Å². The fraction of sp³-hybridized carbons (Fsp3) is 0.905. The van der Waals surface area contributed by atoms with E-state index in [0.717, 1.165) is 12.1 Å². The van der Waals surface area contributed by atoms with Gasteiger partial charge >= 0.3 is 12.1 Å². The van der Waals surface area contributed by atoms with Crippen molar-refractivity contribution in [3.63, 3.8) is 0 Å². The van der Waals surface area contributed by atoms with E-state index in [0.29, 0.717) is 0 Å². The van der Waals surface area contributed by atoms with Gasteiger partial charge in [-0.2, -0.15) is 0 Å². The molecule has 2 fully saturated rings. The number of amides is 1. The standard InChI is InChI=1S/C12H23N.C9H17NO4/c1-3-7-11(8-4-1)13-12-9-5-2-6-10-12;1-5-14-8(13)10-9(4,6(2)3)7(11)12/h11-13H,1-10H2;6H,5H2,1-4H3,(H,10,13)(H,11,12)/t;9-/m.0/s1. The first-order valence-electron chi connectivity index (χ1n) is 10.7. The van der Waals surface area contributed by atoms with E-state index in [2.05, 4.69) is 15.4 Å². The molecule has 1 amide bonds. The van der Waals surface area contributed by atoms with Crippen LogP contribution in [-0.4, -0.2) is 41.4 Å². The predicted molar refractivity (Wildman–Crippen MR) is 108 cm³/mol. The van der Waals surface area contributed by atoms with Crippen molar-refractivity contribution in [3.05, 3.63) is 0 Å². The zero-order chi connectivity index (χ0) is 20.3. The monoisotopic (exact) mass is 384 g/mol. The Labute approximate surface area is 164 Å². The maximum atomic E-state index is 11.1. The normalized spacial score (nSPS) is 20.9. The van der Waals surface area contributed by atoms with Crippen LogP contribution in [0.2, 0.25) is 0 Å². The zero-order valence-corrected chi connectivity index (χ0v) is 17.7. The molecule has 0 unspecified atom stereocenters. The van der Waals surface area contributed by atoms with Crippen molar-refractivity contribution in [2.75, 3.05) is 6.61 Å². The van der Waals surface area contributed by atoms with Crippen LogP contribution in [0.1, 0.15) is 91.9 Å². The third-order valence-electron chi connectivity index (χ3n) is 5.92. The topological polar surface area (TPSA) is 87.7 Å². The average molecular weight is 385 g/mol. The summed E-state index contributed by atoms with van der Waals surface area (Å²) in [4.78, 5) is 22.0. The second-order valence-corrected chi connectivity index (χ2v) is 8.34. The fourth-order valence-electron chi connectivity index (χ4n) is 3.70. The molecule has 158 valence electrons. The fourth-order valence-corrected chi connectivity index (χ4v) is 3.70. The Morgan fingerprint density at radius 1 is 1.00 bits per heavy atom. The minimum Gasteiger partial charge on any atom is -0.480 e. The summed E-state index contributed by atoms with van der Waals surface area (Å²) in [5, 5.41) is 15.1. The summed E-state index contributed by atoms with van der Waals surface area (Å²) >= 11 is 0. The lowest BCUT2D eigenvalue weighted by Gasteiger charge is -2.30. The Balaban J connectivity index is 0.000000270. The molecule has 0 aromatic carbocycles. The summed E-state index contributed by atoms with van der Waals surface area (Å²) in [6.07, 6.45) is 13.9. The van der Waals surface area contributed by atoms with Gasteiger partial charge in [0.25, 0.3) is 0 Å². The molecular formula is C21H40N2O4. The van der Waals surface area contributed by atoms with E-state index in [9.17, 15) is 9.59 Å². The van der Waals surface area contributed by atoms with Gasteiger partial charge in [-0.1, -0.05) is 52.4 Å². The summed E-state index contributed by atoms with van der Waals surface area (Å²) in [5.41, 5.74) is -1.29. The molecule has 2 aliphatic rings. The van der Waals surface area contributed by atoms with Gasteiger partial charge in [-0.3, -0.25) is 0 Å². The highest BCUT2D eigenvalue weighted by Gasteiger charge is 2.38. The highest BCUT2D eigenvalue weighted by molar-refractivity contribution is 5.84. The third-order valence-corrected chi connectivity index (χ3v) is 5.92. The van der Waals surface area contributed by atoms with Crippen molar-refractivity contribution in [2.24, 2.45) is 5.92 Å². The van der Waals surface area contributed by atoms with Crippen LogP contribution in [0.3, 0.4) is 0 Å². The van der Waals surface area contributed by atoms with E-state index >= 15 is 0 Å². The minimum atomic E-state index is -1.29. The number of hydrogen-bond acceptors (Lipinski definition) is 4. The maximum Gasteiger partial charge on any atom is 0.408 e. The molecule has 0 aromatic rings. The van der Waals surface area contributed by atoms with Gasteiger partial charge in [0.05, 0.1) is 6.61 Å². The molecular weight excluding hydrogens is 344 g/mol. The Bertz CT molecular complexity index is 427. The molecule has 0 aliphatic heterocycles. The number of alkyl carbamates (subject to hydrolysis) is 1. The Morgan fingerprint density at radius 2 is 1.44 bits per heavy atom. The number of nitrogens with one attached hydrogen (secondary N) is 2. The molecule has 3 N–H and O–H groups in total. The molecule has 0 saturated heterocycles. The van der Waals surface area contributed by atoms with Crippen molar-refractivity contribution in [3.8, 4) is 0 Å². The second-order valence-electron chi connectivity index (χ2n) is 8.34. The van der Waals surface area contributed by atoms with Crippen LogP contribution in [-0.2, 0) is 9.53 Å². The number of aliphatic carboxylic acids is 1. The lowest BCUT2D eigenvalue weighted by Crippen LogP contribution is -2.55. The molecule has 0 radical (unpaired) electrons. The van der Waals surface area contributed by atoms with Gasteiger partial charge < -0.3 is 20.5 Å². The van der Waals surface area contributed by atoms with Gasteiger partial charge in [0.1, 0.15) is 5.54 Å². The molecule has 0 spiro atoms. The predicted octanol–water partition coefficient (Wildman–Crippen LogP) is 4.47. The third kappa shape index (κ3) is 8.50. The highest BCUT2D eigenvalue weighted by atomic mass is 16.5. The molecule has 6 nitrogen and oxygen atoms in total. The molecule has 2 rings (SSSR count). The Morgan fingerprint density at radius 3 is 1.78 bits per heavy atom. The van der Waals surface area contributed by atoms with Crippen LogP contribution < -0.4 is 10.6 Å². The molecule has 2 aliphatic carbocycles. The summed E-state index contributed by atoms with van der Waals surface area (Å²) in [7, 11) is 0. The Hall–Kier alpha value is -1.30. The first-order chi connectivity index (χ1) is 12.8. The van der Waals surface area contributed by atoms with Gasteiger partial charge in [0.2, 0.25) is 0 Å². The number of carbonyl (C=O) groups excluding carboxylic acids is 1. The van der Waals surface area contributed by atoms with Crippen molar-refractivity contribution in [2.45, 2.75) is 110 Å². The quantitative estimate of drug-likeness (QED) is 0.629. The second kappa shape index (κ2) is 12.2. The number of carboxylic acid groups (broad SMARTS) is 1. The first-order valence-corrected chi connectivity index (χ1v) is 10.7. The van der Waals surface area contributed by atoms with Crippen LogP contribution in [0.25, 0.3) is 0 Å². The molecule has 1 atom stereocenters. The highest BCUT2D eigenvalue weighted by Crippen LogP contribution is 2.22. The SMILES string of the molecule is C1CCC(NC2CCCCC2)CC1.CCOC(=O)N[C@](C)(C(=O)O)C(C)C. The van der Waals surface area contributed by atoms with E-state index in [1.807, 2.05) is 0 Å². The molecule has 0 heterocycles. The Kier molecular flexibility index (Phi) is 10.7. The van der Waals surface area contributed by atoms with Gasteiger partial charge in [0.15, 0.2) is 0 Å². The number of ether oxygens (including phenoxy) is 1. The van der Waals surface area contributed by atoms with Crippen molar-refractivity contribution < 1.29 is 19.4 Å². The van der Waals surface area contributed by atoms with E-state index in [-0.39, 0.29) is 12.5 Å². The largest absolute Gasteiger partial charge is 0.480 e. The van der Waals surface area contributed by atoms with Crippen LogP contribution in [0.15, 0.2) is 0 Å². The summed E-state index contributed by atoms with van der Waals surface area (Å²) < 4.78 is 4.62. The summed E-state index contributed by atoms with van der Waals surface area (Å²) in [6.45, 7) is 6.78. The van der Waals surface area contributed by atoms with Gasteiger partial charge in [-0.25, -0.2) is 9.59 Å². The molecule has 6 heteroatoms. The summed E-state index contributed by atoms with van der Waals surface area (Å²) in [5.74, 6) is -1.29. The smallest absolute Gasteiger partial charge is 0.408 e. The van der Waals surface area contributed by atoms with Crippen molar-refractivity contribution in [1.82, 2.24) is 10.6 Å². The molecule has 0 bridgehead atoms. The number of rotatable bonds is 6. The van der Waals surface area contributed by atoms with Crippen LogP contribution in [0, 0.1) is 5.92 Å². The van der Waals surface area contributed by atoms with E-state index in [4.69, 9.17) is 5.11 Å². The van der Waals surface area contributed by atoms with E-state index in [1.54, 1.807) is 20.8 Å².